The molecule has 0 bridgehead atoms. The quantitative estimate of drug-likeness (QED) is 0.811. The maximum atomic E-state index is 10.9. The molecule has 74 valence electrons. The van der Waals surface area contributed by atoms with Crippen molar-refractivity contribution in [2.24, 2.45) is 0 Å². The van der Waals surface area contributed by atoms with Crippen LogP contribution in [0.3, 0.4) is 0 Å². The van der Waals surface area contributed by atoms with Gasteiger partial charge in [-0.25, -0.2) is 8.42 Å². The lowest BCUT2D eigenvalue weighted by Gasteiger charge is -1.97. The predicted molar refractivity (Wildman–Crippen MR) is 52.5 cm³/mol. The van der Waals surface area contributed by atoms with E-state index in [1.807, 2.05) is 0 Å². The van der Waals surface area contributed by atoms with Gasteiger partial charge < -0.3 is 4.52 Å². The van der Waals surface area contributed by atoms with E-state index in [9.17, 15) is 8.42 Å². The van der Waals surface area contributed by atoms with Crippen LogP contribution < -0.4 is 4.72 Å². The molecule has 1 aromatic heterocycles. The van der Waals surface area contributed by atoms with Gasteiger partial charge in [0, 0.05) is 0 Å². The number of para-hydroxylation sites is 1. The topological polar surface area (TPSA) is 72.2 Å². The molecule has 1 N–H and O–H groups in total. The van der Waals surface area contributed by atoms with Crippen LogP contribution in [0.4, 0.5) is 5.82 Å². The Kier molecular flexibility index (Phi) is 1.92. The molecule has 0 fully saturated rings. The van der Waals surface area contributed by atoms with Crippen molar-refractivity contribution < 1.29 is 12.9 Å². The molecule has 0 saturated carbocycles. The molecule has 0 aliphatic rings. The van der Waals surface area contributed by atoms with Crippen LogP contribution in [0.1, 0.15) is 0 Å². The van der Waals surface area contributed by atoms with E-state index in [1.54, 1.807) is 24.3 Å². The average Bonchev–Trinajstić information content (AvgIpc) is 2.47. The first kappa shape index (κ1) is 9.01. The van der Waals surface area contributed by atoms with Crippen LogP contribution in [0.15, 0.2) is 28.8 Å². The molecule has 0 unspecified atom stereocenters. The van der Waals surface area contributed by atoms with Gasteiger partial charge in [-0.15, -0.1) is 0 Å². The molecule has 0 saturated heterocycles. The van der Waals surface area contributed by atoms with E-state index in [-0.39, 0.29) is 5.82 Å². The van der Waals surface area contributed by atoms with Crippen LogP contribution in [0.5, 0.6) is 0 Å². The highest BCUT2D eigenvalue weighted by molar-refractivity contribution is 7.92. The second-order valence-corrected chi connectivity index (χ2v) is 4.65. The molecule has 0 aliphatic carbocycles. The molecular weight excluding hydrogens is 204 g/mol. The van der Waals surface area contributed by atoms with E-state index < -0.39 is 10.0 Å². The third-order valence-electron chi connectivity index (χ3n) is 1.66. The molecule has 0 amide bonds. The lowest BCUT2D eigenvalue weighted by atomic mass is 10.2. The van der Waals surface area contributed by atoms with Crippen molar-refractivity contribution in [3.8, 4) is 0 Å². The molecule has 0 radical (unpaired) electrons. The van der Waals surface area contributed by atoms with Crippen molar-refractivity contribution in [2.45, 2.75) is 0 Å². The van der Waals surface area contributed by atoms with Crippen molar-refractivity contribution in [2.75, 3.05) is 11.0 Å². The van der Waals surface area contributed by atoms with Gasteiger partial charge in [0.2, 0.25) is 10.0 Å². The number of anilines is 1. The second kappa shape index (κ2) is 2.98. The molecule has 0 atom stereocenters. The molecule has 5 nitrogen and oxygen atoms in total. The molecular formula is C8H8N2O3S. The lowest BCUT2D eigenvalue weighted by molar-refractivity contribution is 0.460. The van der Waals surface area contributed by atoms with Crippen LogP contribution in [0.25, 0.3) is 11.0 Å². The van der Waals surface area contributed by atoms with Crippen molar-refractivity contribution in [1.29, 1.82) is 0 Å². The summed E-state index contributed by atoms with van der Waals surface area (Å²) >= 11 is 0. The summed E-state index contributed by atoms with van der Waals surface area (Å²) in [7, 11) is -3.31. The Labute approximate surface area is 80.8 Å². The monoisotopic (exact) mass is 212 g/mol. The number of hydrogen-bond donors (Lipinski definition) is 1. The zero-order chi connectivity index (χ0) is 10.2. The van der Waals surface area contributed by atoms with Crippen molar-refractivity contribution in [1.82, 2.24) is 5.16 Å². The number of aromatic nitrogens is 1. The van der Waals surface area contributed by atoms with E-state index in [2.05, 4.69) is 9.88 Å². The zero-order valence-corrected chi connectivity index (χ0v) is 8.21. The third-order valence-corrected chi connectivity index (χ3v) is 2.22. The summed E-state index contributed by atoms with van der Waals surface area (Å²) in [4.78, 5) is 0. The molecule has 14 heavy (non-hydrogen) atoms. The summed E-state index contributed by atoms with van der Waals surface area (Å²) in [5, 5.41) is 4.27. The molecule has 6 heteroatoms. The van der Waals surface area contributed by atoms with Gasteiger partial charge in [0.05, 0.1) is 11.6 Å². The standard InChI is InChI=1S/C8H8N2O3S/c1-14(11,12)10-8-6-4-2-3-5-7(6)13-9-8/h2-5H,1H3,(H,9,10). The van der Waals surface area contributed by atoms with Gasteiger partial charge in [0.1, 0.15) is 0 Å². The zero-order valence-electron chi connectivity index (χ0n) is 7.39. The SMILES string of the molecule is CS(=O)(=O)Nc1noc2ccccc12. The highest BCUT2D eigenvalue weighted by Crippen LogP contribution is 2.22. The number of nitrogens with zero attached hydrogens (tertiary/aromatic N) is 1. The van der Waals surface area contributed by atoms with Crippen molar-refractivity contribution in [3.63, 3.8) is 0 Å². The molecule has 1 aromatic carbocycles. The van der Waals surface area contributed by atoms with E-state index >= 15 is 0 Å². The Bertz CT molecular complexity index is 559. The maximum Gasteiger partial charge on any atom is 0.231 e. The second-order valence-electron chi connectivity index (χ2n) is 2.90. The Balaban J connectivity index is 2.54. The number of sulfonamides is 1. The van der Waals surface area contributed by atoms with Gasteiger partial charge in [0.25, 0.3) is 0 Å². The van der Waals surface area contributed by atoms with Gasteiger partial charge in [-0.1, -0.05) is 17.3 Å². The van der Waals surface area contributed by atoms with Crippen LogP contribution in [-0.4, -0.2) is 19.8 Å². The minimum Gasteiger partial charge on any atom is -0.354 e. The van der Waals surface area contributed by atoms with Gasteiger partial charge >= 0.3 is 0 Å². The average molecular weight is 212 g/mol. The normalized spacial score (nSPS) is 11.8. The summed E-state index contributed by atoms with van der Waals surface area (Å²) in [5.74, 6) is 0.225. The number of nitrogens with one attached hydrogen (secondary N) is 1. The maximum absolute atomic E-state index is 10.9. The fraction of sp³-hybridized carbons (Fsp3) is 0.125. The van der Waals surface area contributed by atoms with Gasteiger partial charge in [-0.3, -0.25) is 4.72 Å². The fourth-order valence-corrected chi connectivity index (χ4v) is 1.63. The molecule has 2 aromatic rings. The smallest absolute Gasteiger partial charge is 0.231 e. The summed E-state index contributed by atoms with van der Waals surface area (Å²) in [6.07, 6.45) is 1.07. The Hall–Kier alpha value is -1.56. The lowest BCUT2D eigenvalue weighted by Crippen LogP contribution is -2.09. The molecule has 1 heterocycles. The first-order valence-electron chi connectivity index (χ1n) is 3.88. The number of benzene rings is 1. The number of rotatable bonds is 2. The Morgan fingerprint density at radius 3 is 2.79 bits per heavy atom. The first-order chi connectivity index (χ1) is 6.56. The highest BCUT2D eigenvalue weighted by atomic mass is 32.2. The van der Waals surface area contributed by atoms with E-state index in [4.69, 9.17) is 4.52 Å². The van der Waals surface area contributed by atoms with Crippen LogP contribution in [-0.2, 0) is 10.0 Å². The molecule has 2 rings (SSSR count). The van der Waals surface area contributed by atoms with Crippen molar-refractivity contribution in [3.05, 3.63) is 24.3 Å². The van der Waals surface area contributed by atoms with Gasteiger partial charge in [0.15, 0.2) is 11.4 Å². The van der Waals surface area contributed by atoms with Gasteiger partial charge in [-0.2, -0.15) is 0 Å². The van der Waals surface area contributed by atoms with E-state index in [0.717, 1.165) is 6.26 Å². The number of fused-ring (bicyclic) bond motifs is 1. The molecule has 0 aliphatic heterocycles. The largest absolute Gasteiger partial charge is 0.354 e. The molecule has 0 spiro atoms. The predicted octanol–water partition coefficient (Wildman–Crippen LogP) is 1.20. The minimum absolute atomic E-state index is 0.225. The van der Waals surface area contributed by atoms with Gasteiger partial charge in [-0.05, 0) is 12.1 Å². The van der Waals surface area contributed by atoms with Crippen LogP contribution in [0, 0.1) is 0 Å². The minimum atomic E-state index is -3.31. The summed E-state index contributed by atoms with van der Waals surface area (Å²) in [6.45, 7) is 0. The third kappa shape index (κ3) is 1.69. The summed E-state index contributed by atoms with van der Waals surface area (Å²) in [5.41, 5.74) is 0.554. The fourth-order valence-electron chi connectivity index (χ4n) is 1.14. The Morgan fingerprint density at radius 2 is 2.07 bits per heavy atom. The first-order valence-corrected chi connectivity index (χ1v) is 5.77. The summed E-state index contributed by atoms with van der Waals surface area (Å²) in [6, 6.07) is 7.03. The van der Waals surface area contributed by atoms with Crippen LogP contribution in [0.2, 0.25) is 0 Å². The van der Waals surface area contributed by atoms with Crippen LogP contribution >= 0.6 is 0 Å². The summed E-state index contributed by atoms with van der Waals surface area (Å²) < 4.78 is 29.1. The number of hydrogen-bond acceptors (Lipinski definition) is 4. The van der Waals surface area contributed by atoms with E-state index in [1.165, 1.54) is 0 Å². The highest BCUT2D eigenvalue weighted by Gasteiger charge is 2.10. The van der Waals surface area contributed by atoms with E-state index in [0.29, 0.717) is 11.0 Å². The van der Waals surface area contributed by atoms with Crippen molar-refractivity contribution >= 4 is 26.8 Å². The Morgan fingerprint density at radius 1 is 1.36 bits per heavy atom.